The van der Waals surface area contributed by atoms with E-state index in [4.69, 9.17) is 9.47 Å². The minimum absolute atomic E-state index is 0. The highest BCUT2D eigenvalue weighted by molar-refractivity contribution is 14.0. The number of likely N-dealkylation sites (tertiary alicyclic amines) is 1. The van der Waals surface area contributed by atoms with Gasteiger partial charge in [-0.2, -0.15) is 0 Å². The van der Waals surface area contributed by atoms with Gasteiger partial charge in [-0.05, 0) is 50.0 Å². The molecule has 3 rings (SSSR count). The maximum atomic E-state index is 12.1. The Kier molecular flexibility index (Phi) is 12.3. The summed E-state index contributed by atoms with van der Waals surface area (Å²) >= 11 is 0. The van der Waals surface area contributed by atoms with Gasteiger partial charge in [0.15, 0.2) is 5.96 Å². The van der Waals surface area contributed by atoms with Crippen molar-refractivity contribution >= 4 is 35.8 Å². The Balaban J connectivity index is 0.00000385. The van der Waals surface area contributed by atoms with Crippen molar-refractivity contribution in [3.8, 4) is 5.75 Å². The monoisotopic (exact) mass is 573 g/mol. The fourth-order valence-corrected chi connectivity index (χ4v) is 4.15. The number of piperidine rings is 1. The molecule has 2 heterocycles. The molecular formula is C24H40IN5O3. The second kappa shape index (κ2) is 14.6. The van der Waals surface area contributed by atoms with Gasteiger partial charge < -0.3 is 25.0 Å². The summed E-state index contributed by atoms with van der Waals surface area (Å²) in [5, 5.41) is 6.95. The smallest absolute Gasteiger partial charge is 0.243 e. The molecule has 33 heavy (non-hydrogen) atoms. The van der Waals surface area contributed by atoms with Crippen molar-refractivity contribution < 1.29 is 14.3 Å². The summed E-state index contributed by atoms with van der Waals surface area (Å²) in [6.07, 6.45) is 4.80. The van der Waals surface area contributed by atoms with E-state index in [0.717, 1.165) is 51.6 Å². The van der Waals surface area contributed by atoms with Crippen LogP contribution >= 0.6 is 24.0 Å². The molecule has 2 unspecified atom stereocenters. The van der Waals surface area contributed by atoms with E-state index >= 15 is 0 Å². The van der Waals surface area contributed by atoms with Crippen LogP contribution in [0.2, 0.25) is 0 Å². The molecule has 8 nitrogen and oxygen atoms in total. The first-order chi connectivity index (χ1) is 15.6. The number of rotatable bonds is 9. The van der Waals surface area contributed by atoms with Crippen molar-refractivity contribution in [2.24, 2.45) is 10.9 Å². The summed E-state index contributed by atoms with van der Waals surface area (Å²) in [5.74, 6) is 2.01. The van der Waals surface area contributed by atoms with Gasteiger partial charge in [-0.3, -0.25) is 9.69 Å². The number of hydrogen-bond acceptors (Lipinski definition) is 5. The lowest BCUT2D eigenvalue weighted by atomic mass is 10.0. The first kappa shape index (κ1) is 27.7. The van der Waals surface area contributed by atoms with E-state index in [1.807, 2.05) is 12.1 Å². The van der Waals surface area contributed by atoms with Crippen LogP contribution in [0.1, 0.15) is 37.3 Å². The lowest BCUT2D eigenvalue weighted by molar-refractivity contribution is -0.127. The molecule has 2 aliphatic rings. The maximum absolute atomic E-state index is 12.1. The molecular weight excluding hydrogens is 533 g/mol. The van der Waals surface area contributed by atoms with Gasteiger partial charge in [-0.1, -0.05) is 18.6 Å². The Morgan fingerprint density at radius 2 is 1.94 bits per heavy atom. The number of carbonyl (C=O) groups excluding carboxylic acids is 1. The van der Waals surface area contributed by atoms with E-state index < -0.39 is 0 Å². The number of guanidine groups is 1. The quantitative estimate of drug-likeness (QED) is 0.269. The van der Waals surface area contributed by atoms with Gasteiger partial charge in [0.05, 0.1) is 19.8 Å². The number of halogens is 1. The lowest BCUT2D eigenvalue weighted by Crippen LogP contribution is -2.46. The molecule has 1 aromatic carbocycles. The van der Waals surface area contributed by atoms with Crippen molar-refractivity contribution in [2.45, 2.75) is 31.7 Å². The molecule has 186 valence electrons. The third kappa shape index (κ3) is 8.94. The van der Waals surface area contributed by atoms with E-state index in [0.29, 0.717) is 11.9 Å². The summed E-state index contributed by atoms with van der Waals surface area (Å²) in [5.41, 5.74) is 1.26. The summed E-state index contributed by atoms with van der Waals surface area (Å²) in [6, 6.07) is 8.57. The third-order valence-corrected chi connectivity index (χ3v) is 6.25. The second-order valence-corrected chi connectivity index (χ2v) is 8.83. The summed E-state index contributed by atoms with van der Waals surface area (Å²) in [6.45, 7) is 5.42. The normalized spacial score (nSPS) is 20.0. The first-order valence-corrected chi connectivity index (χ1v) is 11.7. The van der Waals surface area contributed by atoms with Crippen LogP contribution in [-0.4, -0.2) is 88.8 Å². The van der Waals surface area contributed by atoms with Crippen molar-refractivity contribution in [1.82, 2.24) is 20.4 Å². The minimum atomic E-state index is -0.0157. The average molecular weight is 574 g/mol. The number of nitrogens with zero attached hydrogens (tertiary/aromatic N) is 3. The number of methoxy groups -OCH3 is 1. The number of hydrogen-bond donors (Lipinski definition) is 2. The Morgan fingerprint density at radius 1 is 1.21 bits per heavy atom. The van der Waals surface area contributed by atoms with Crippen LogP contribution in [0.15, 0.2) is 29.3 Å². The zero-order valence-corrected chi connectivity index (χ0v) is 22.5. The van der Waals surface area contributed by atoms with Crippen molar-refractivity contribution in [2.75, 3.05) is 67.1 Å². The highest BCUT2D eigenvalue weighted by atomic mass is 127. The average Bonchev–Trinajstić information content (AvgIpc) is 3.35. The molecule has 2 fully saturated rings. The zero-order valence-electron chi connectivity index (χ0n) is 20.2. The fourth-order valence-electron chi connectivity index (χ4n) is 4.15. The van der Waals surface area contributed by atoms with Crippen molar-refractivity contribution in [1.29, 1.82) is 0 Å². The van der Waals surface area contributed by atoms with E-state index in [1.54, 1.807) is 26.1 Å². The molecule has 9 heteroatoms. The van der Waals surface area contributed by atoms with Gasteiger partial charge in [0.25, 0.3) is 0 Å². The van der Waals surface area contributed by atoms with Crippen LogP contribution < -0.4 is 15.4 Å². The third-order valence-electron chi connectivity index (χ3n) is 6.25. The molecule has 0 aromatic heterocycles. The molecule has 0 bridgehead atoms. The van der Waals surface area contributed by atoms with Crippen LogP contribution in [0.5, 0.6) is 5.75 Å². The molecule has 2 N–H and O–H groups in total. The number of ether oxygens (including phenoxy) is 2. The highest BCUT2D eigenvalue weighted by Crippen LogP contribution is 2.26. The zero-order chi connectivity index (χ0) is 22.8. The lowest BCUT2D eigenvalue weighted by Gasteiger charge is -2.35. The van der Waals surface area contributed by atoms with Gasteiger partial charge >= 0.3 is 0 Å². The molecule has 2 atom stereocenters. The van der Waals surface area contributed by atoms with Gasteiger partial charge in [-0.25, -0.2) is 4.99 Å². The number of nitrogens with one attached hydrogen (secondary N) is 2. The number of carbonyl (C=O) groups is 1. The Hall–Kier alpha value is -1.59. The standard InChI is InChI=1S/C24H39N5O3.HI/c1-28(2)23(30)17-27-24(25-15-19-11-14-32-18-19)26-16-22(29-12-5-4-6-13-29)20-7-9-21(31-3)10-8-20;/h7-10,19,22H,4-6,11-18H2,1-3H3,(H2,25,26,27);1H. The molecule has 0 radical (unpaired) electrons. The predicted octanol–water partition coefficient (Wildman–Crippen LogP) is 2.50. The molecule has 1 aromatic rings. The van der Waals surface area contributed by atoms with Crippen LogP contribution in [0.4, 0.5) is 0 Å². The molecule has 2 aliphatic heterocycles. The topological polar surface area (TPSA) is 78.4 Å². The van der Waals surface area contributed by atoms with Gasteiger partial charge in [0.2, 0.25) is 5.91 Å². The van der Waals surface area contributed by atoms with Crippen molar-refractivity contribution in [3.05, 3.63) is 29.8 Å². The summed E-state index contributed by atoms with van der Waals surface area (Å²) < 4.78 is 10.8. The molecule has 1 amide bonds. The summed E-state index contributed by atoms with van der Waals surface area (Å²) in [4.78, 5) is 20.8. The Morgan fingerprint density at radius 3 is 2.55 bits per heavy atom. The van der Waals surface area contributed by atoms with Gasteiger partial charge in [0.1, 0.15) is 12.3 Å². The Labute approximate surface area is 215 Å². The van der Waals surface area contributed by atoms with Crippen LogP contribution in [0, 0.1) is 5.92 Å². The number of aliphatic imine (C=N–C) groups is 1. The van der Waals surface area contributed by atoms with Crippen molar-refractivity contribution in [3.63, 3.8) is 0 Å². The Bertz CT molecular complexity index is 732. The van der Waals surface area contributed by atoms with E-state index in [-0.39, 0.29) is 42.5 Å². The fraction of sp³-hybridized carbons (Fsp3) is 0.667. The van der Waals surface area contributed by atoms with Crippen LogP contribution in [0.25, 0.3) is 0 Å². The second-order valence-electron chi connectivity index (χ2n) is 8.83. The molecule has 0 saturated carbocycles. The van der Waals surface area contributed by atoms with Gasteiger partial charge in [-0.15, -0.1) is 24.0 Å². The molecule has 2 saturated heterocycles. The molecule has 0 aliphatic carbocycles. The van der Waals surface area contributed by atoms with E-state index in [2.05, 4.69) is 32.7 Å². The largest absolute Gasteiger partial charge is 0.497 e. The number of likely N-dealkylation sites (N-methyl/N-ethyl adjacent to an activating group) is 1. The SMILES string of the molecule is COc1ccc(C(CNC(=NCC(=O)N(C)C)NCC2CCOC2)N2CCCCC2)cc1.I. The van der Waals surface area contributed by atoms with E-state index in [1.165, 1.54) is 24.8 Å². The number of amides is 1. The minimum Gasteiger partial charge on any atom is -0.497 e. The highest BCUT2D eigenvalue weighted by Gasteiger charge is 2.23. The van der Waals surface area contributed by atoms with E-state index in [9.17, 15) is 4.79 Å². The molecule has 0 spiro atoms. The van der Waals surface area contributed by atoms with Crippen LogP contribution in [0.3, 0.4) is 0 Å². The maximum Gasteiger partial charge on any atom is 0.243 e. The predicted molar refractivity (Wildman–Crippen MR) is 143 cm³/mol. The summed E-state index contributed by atoms with van der Waals surface area (Å²) in [7, 11) is 5.20. The number of benzene rings is 1. The first-order valence-electron chi connectivity index (χ1n) is 11.7. The van der Waals surface area contributed by atoms with Gasteiger partial charge in [0, 0.05) is 39.7 Å². The van der Waals surface area contributed by atoms with Crippen LogP contribution in [-0.2, 0) is 9.53 Å².